The molecule has 0 aromatic carbocycles. The lowest BCUT2D eigenvalue weighted by molar-refractivity contribution is -0.161. The van der Waals surface area contributed by atoms with Gasteiger partial charge in [0.1, 0.15) is 19.3 Å². The van der Waals surface area contributed by atoms with Gasteiger partial charge < -0.3 is 33.8 Å². The van der Waals surface area contributed by atoms with Gasteiger partial charge in [-0.2, -0.15) is 0 Å². The van der Waals surface area contributed by atoms with Crippen molar-refractivity contribution >= 4 is 39.5 Å². The maximum absolute atomic E-state index is 13.1. The molecule has 0 aromatic heterocycles. The summed E-state index contributed by atoms with van der Waals surface area (Å²) in [6.07, 6.45) is 53.8. The predicted octanol–water partition coefficient (Wildman–Crippen LogP) is 21.3. The number of hydrogen-bond donors (Lipinski definition) is 3. The van der Waals surface area contributed by atoms with Crippen LogP contribution in [0.15, 0.2) is 0 Å². The van der Waals surface area contributed by atoms with Crippen LogP contribution >= 0.6 is 15.6 Å². The predicted molar refractivity (Wildman–Crippen MR) is 372 cm³/mol. The highest BCUT2D eigenvalue weighted by Crippen LogP contribution is 2.45. The lowest BCUT2D eigenvalue weighted by Crippen LogP contribution is -2.30. The zero-order chi connectivity index (χ0) is 67.7. The minimum Gasteiger partial charge on any atom is -0.462 e. The van der Waals surface area contributed by atoms with Crippen molar-refractivity contribution in [2.24, 2.45) is 5.92 Å². The molecule has 0 aromatic rings. The van der Waals surface area contributed by atoms with Gasteiger partial charge in [-0.3, -0.25) is 37.3 Å². The SMILES string of the molecule is CCCCCCCCCCCCCCCCCC(=O)O[C@H](COC(=O)CCCCCCCCCCCCCCC)COP(=O)(O)OC[C@@H](O)COP(=O)(O)OC[C@@H](COC(=O)CCCCCCCCCCCCCC)OC(=O)CCCCCCCCCCC(C)CC. The summed E-state index contributed by atoms with van der Waals surface area (Å²) in [6.45, 7) is 7.28. The zero-order valence-electron chi connectivity index (χ0n) is 59.7. The number of rotatable bonds is 73. The molecule has 0 rings (SSSR count). The monoisotopic (exact) mass is 1350 g/mol. The van der Waals surface area contributed by atoms with E-state index in [1.807, 2.05) is 0 Å². The van der Waals surface area contributed by atoms with Crippen molar-refractivity contribution < 1.29 is 80.2 Å². The number of hydrogen-bond acceptors (Lipinski definition) is 15. The average Bonchev–Trinajstić information content (AvgIpc) is 1.64. The first-order valence-electron chi connectivity index (χ1n) is 38.2. The summed E-state index contributed by atoms with van der Waals surface area (Å²) >= 11 is 0. The number of esters is 4. The molecule has 19 heteroatoms. The molecule has 3 unspecified atom stereocenters. The lowest BCUT2D eigenvalue weighted by atomic mass is 9.99. The van der Waals surface area contributed by atoms with E-state index in [1.165, 1.54) is 205 Å². The van der Waals surface area contributed by atoms with E-state index in [0.717, 1.165) is 95.8 Å². The topological polar surface area (TPSA) is 237 Å². The molecular formula is C73H142O17P2. The van der Waals surface area contributed by atoms with Crippen LogP contribution in [0.3, 0.4) is 0 Å². The molecule has 546 valence electrons. The number of aliphatic hydroxyl groups excluding tert-OH is 1. The zero-order valence-corrected chi connectivity index (χ0v) is 61.5. The molecule has 6 atom stereocenters. The molecule has 0 heterocycles. The summed E-state index contributed by atoms with van der Waals surface area (Å²) in [6, 6.07) is 0. The van der Waals surface area contributed by atoms with Crippen molar-refractivity contribution in [1.29, 1.82) is 0 Å². The molecule has 0 aliphatic carbocycles. The highest BCUT2D eigenvalue weighted by molar-refractivity contribution is 7.47. The Bertz CT molecular complexity index is 1770. The molecular weight excluding hydrogens is 1210 g/mol. The normalized spacial score (nSPS) is 14.3. The van der Waals surface area contributed by atoms with Crippen LogP contribution in [0.4, 0.5) is 0 Å². The van der Waals surface area contributed by atoms with E-state index in [9.17, 15) is 43.2 Å². The Hall–Kier alpha value is -1.94. The molecule has 0 aliphatic rings. The van der Waals surface area contributed by atoms with Crippen LogP contribution in [0, 0.1) is 5.92 Å². The number of unbranched alkanes of at least 4 members (excludes halogenated alkanes) is 44. The van der Waals surface area contributed by atoms with Gasteiger partial charge in [0.05, 0.1) is 26.4 Å². The fraction of sp³-hybridized carbons (Fsp3) is 0.945. The molecule has 0 bridgehead atoms. The van der Waals surface area contributed by atoms with E-state index < -0.39 is 97.5 Å². The van der Waals surface area contributed by atoms with Gasteiger partial charge in [-0.15, -0.1) is 0 Å². The maximum Gasteiger partial charge on any atom is 0.472 e. The summed E-state index contributed by atoms with van der Waals surface area (Å²) in [5, 5.41) is 10.6. The second kappa shape index (κ2) is 66.3. The van der Waals surface area contributed by atoms with E-state index in [1.54, 1.807) is 0 Å². The second-order valence-corrected chi connectivity index (χ2v) is 29.5. The van der Waals surface area contributed by atoms with E-state index in [-0.39, 0.29) is 25.7 Å². The maximum atomic E-state index is 13.1. The van der Waals surface area contributed by atoms with Crippen molar-refractivity contribution in [2.75, 3.05) is 39.6 Å². The van der Waals surface area contributed by atoms with Gasteiger partial charge in [-0.05, 0) is 31.6 Å². The third-order valence-electron chi connectivity index (χ3n) is 17.4. The first kappa shape index (κ1) is 90.1. The van der Waals surface area contributed by atoms with Crippen LogP contribution in [0.5, 0.6) is 0 Å². The number of carbonyl (C=O) groups is 4. The minimum atomic E-state index is -4.95. The number of phosphoric ester groups is 2. The second-order valence-electron chi connectivity index (χ2n) is 26.6. The Kier molecular flexibility index (Phi) is 64.9. The molecule has 0 saturated heterocycles. The van der Waals surface area contributed by atoms with Gasteiger partial charge in [0, 0.05) is 25.7 Å². The van der Waals surface area contributed by atoms with Crippen molar-refractivity contribution in [3.63, 3.8) is 0 Å². The Morgan fingerprint density at radius 2 is 0.522 bits per heavy atom. The summed E-state index contributed by atoms with van der Waals surface area (Å²) in [7, 11) is -9.90. The van der Waals surface area contributed by atoms with Crippen LogP contribution in [0.25, 0.3) is 0 Å². The summed E-state index contributed by atoms with van der Waals surface area (Å²) in [4.78, 5) is 72.7. The number of ether oxygens (including phenoxy) is 4. The summed E-state index contributed by atoms with van der Waals surface area (Å²) < 4.78 is 68.4. The first-order valence-corrected chi connectivity index (χ1v) is 41.2. The van der Waals surface area contributed by atoms with Crippen molar-refractivity contribution in [3.05, 3.63) is 0 Å². The Morgan fingerprint density at radius 3 is 0.772 bits per heavy atom. The van der Waals surface area contributed by atoms with Crippen molar-refractivity contribution in [2.45, 2.75) is 400 Å². The standard InChI is InChI=1S/C73H142O17P2/c1-6-10-13-16-19-22-25-28-29-31-34-37-43-48-53-58-72(77)89-68(62-83-71(76)57-52-47-42-36-33-30-26-23-20-17-14-11-7-2)64-87-91(79,80)85-60-67(74)61-86-92(81,82)88-65-69(90-73(78)59-54-49-44-39-38-40-45-50-55-66(5)9-4)63-84-70(75)56-51-46-41-35-32-27-24-21-18-15-12-8-3/h66-69,74H,6-65H2,1-5H3,(H,79,80)(H,81,82)/t66?,67-,68-,69-/m1/s1. The van der Waals surface area contributed by atoms with Crippen LogP contribution in [0.1, 0.15) is 381 Å². The Labute approximate surface area is 562 Å². The molecule has 0 saturated carbocycles. The smallest absolute Gasteiger partial charge is 0.462 e. The van der Waals surface area contributed by atoms with E-state index in [4.69, 9.17) is 37.0 Å². The molecule has 17 nitrogen and oxygen atoms in total. The van der Waals surface area contributed by atoms with Gasteiger partial charge >= 0.3 is 39.5 Å². The molecule has 0 spiro atoms. The number of phosphoric acid groups is 2. The lowest BCUT2D eigenvalue weighted by Gasteiger charge is -2.21. The molecule has 3 N–H and O–H groups in total. The number of aliphatic hydroxyl groups is 1. The third-order valence-corrected chi connectivity index (χ3v) is 19.3. The van der Waals surface area contributed by atoms with Crippen LogP contribution in [-0.4, -0.2) is 96.7 Å². The highest BCUT2D eigenvalue weighted by Gasteiger charge is 2.30. The van der Waals surface area contributed by atoms with Gasteiger partial charge in [0.15, 0.2) is 12.2 Å². The molecule has 0 radical (unpaired) electrons. The first-order chi connectivity index (χ1) is 44.6. The fourth-order valence-electron chi connectivity index (χ4n) is 11.1. The van der Waals surface area contributed by atoms with Crippen LogP contribution < -0.4 is 0 Å². The molecule has 0 aliphatic heterocycles. The van der Waals surface area contributed by atoms with Crippen molar-refractivity contribution in [1.82, 2.24) is 0 Å². The average molecular weight is 1350 g/mol. The molecule has 0 fully saturated rings. The quantitative estimate of drug-likeness (QED) is 0.0222. The van der Waals surface area contributed by atoms with Gasteiger partial charge in [-0.1, -0.05) is 330 Å². The van der Waals surface area contributed by atoms with Gasteiger partial charge in [0.25, 0.3) is 0 Å². The van der Waals surface area contributed by atoms with E-state index >= 15 is 0 Å². The van der Waals surface area contributed by atoms with Crippen LogP contribution in [-0.2, 0) is 65.4 Å². The van der Waals surface area contributed by atoms with Crippen LogP contribution in [0.2, 0.25) is 0 Å². The minimum absolute atomic E-state index is 0.106. The van der Waals surface area contributed by atoms with Crippen molar-refractivity contribution in [3.8, 4) is 0 Å². The highest BCUT2D eigenvalue weighted by atomic mass is 31.2. The number of carbonyl (C=O) groups excluding carboxylic acids is 4. The fourth-order valence-corrected chi connectivity index (χ4v) is 12.7. The van der Waals surface area contributed by atoms with E-state index in [0.29, 0.717) is 25.7 Å². The summed E-state index contributed by atoms with van der Waals surface area (Å²) in [5.41, 5.74) is 0. The van der Waals surface area contributed by atoms with Gasteiger partial charge in [0.2, 0.25) is 0 Å². The molecule has 92 heavy (non-hydrogen) atoms. The Balaban J connectivity index is 5.26. The van der Waals surface area contributed by atoms with E-state index in [2.05, 4.69) is 34.6 Å². The largest absolute Gasteiger partial charge is 0.472 e. The summed E-state index contributed by atoms with van der Waals surface area (Å²) in [5.74, 6) is -1.35. The molecule has 0 amide bonds. The van der Waals surface area contributed by atoms with Gasteiger partial charge in [-0.25, -0.2) is 9.13 Å². The third kappa shape index (κ3) is 65.4. The Morgan fingerprint density at radius 1 is 0.304 bits per heavy atom.